The normalized spacial score (nSPS) is 11.2. The van der Waals surface area contributed by atoms with Crippen LogP contribution in [0, 0.1) is 12.7 Å². The van der Waals surface area contributed by atoms with E-state index in [2.05, 4.69) is 25.6 Å². The van der Waals surface area contributed by atoms with E-state index >= 15 is 0 Å². The van der Waals surface area contributed by atoms with Gasteiger partial charge in [0.25, 0.3) is 5.91 Å². The molecule has 0 aliphatic rings. The maximum absolute atomic E-state index is 13.4. The Bertz CT molecular complexity index is 1460. The predicted molar refractivity (Wildman–Crippen MR) is 120 cm³/mol. The van der Waals surface area contributed by atoms with Gasteiger partial charge in [-0.25, -0.2) is 13.9 Å². The lowest BCUT2D eigenvalue weighted by Gasteiger charge is -2.04. The fraction of sp³-hybridized carbons (Fsp3) is 0.174. The van der Waals surface area contributed by atoms with Crippen LogP contribution < -0.4 is 5.32 Å². The van der Waals surface area contributed by atoms with Crippen LogP contribution in [0.3, 0.4) is 0 Å². The molecule has 0 aliphatic heterocycles. The molecule has 0 spiro atoms. The quantitative estimate of drug-likeness (QED) is 0.432. The van der Waals surface area contributed by atoms with Crippen molar-refractivity contribution in [3.05, 3.63) is 84.0 Å². The molecule has 0 unspecified atom stereocenters. The number of nitrogens with one attached hydrogen (secondary N) is 1. The molecule has 0 fully saturated rings. The van der Waals surface area contributed by atoms with Crippen LogP contribution in [0.4, 0.5) is 10.1 Å². The summed E-state index contributed by atoms with van der Waals surface area (Å²) in [6.45, 7) is 5.18. The Morgan fingerprint density at radius 3 is 2.82 bits per heavy atom. The van der Waals surface area contributed by atoms with Crippen LogP contribution in [0.2, 0.25) is 0 Å². The van der Waals surface area contributed by atoms with Crippen molar-refractivity contribution in [2.24, 2.45) is 0 Å². The first kappa shape index (κ1) is 20.6. The number of aromatic nitrogens is 7. The molecule has 10 heteroatoms. The Morgan fingerprint density at radius 2 is 2.03 bits per heavy atom. The van der Waals surface area contributed by atoms with E-state index in [-0.39, 0.29) is 17.4 Å². The van der Waals surface area contributed by atoms with Gasteiger partial charge in [0.1, 0.15) is 5.82 Å². The Hall–Kier alpha value is -4.34. The molecule has 1 amide bonds. The number of amides is 1. The summed E-state index contributed by atoms with van der Waals surface area (Å²) >= 11 is 0. The maximum atomic E-state index is 13.4. The number of aryl methyl sites for hydroxylation is 1. The van der Waals surface area contributed by atoms with Crippen molar-refractivity contribution in [2.75, 3.05) is 5.32 Å². The maximum Gasteiger partial charge on any atom is 0.276 e. The molecule has 166 valence electrons. The van der Waals surface area contributed by atoms with E-state index in [4.69, 9.17) is 0 Å². The molecule has 0 bridgehead atoms. The first-order chi connectivity index (χ1) is 16.0. The van der Waals surface area contributed by atoms with Gasteiger partial charge in [-0.3, -0.25) is 14.2 Å². The molecule has 9 nitrogen and oxygen atoms in total. The zero-order valence-corrected chi connectivity index (χ0v) is 18.1. The molecule has 0 radical (unpaired) electrons. The molecular weight excluding hydrogens is 423 g/mol. The number of fused-ring (bicyclic) bond motifs is 1. The van der Waals surface area contributed by atoms with Crippen molar-refractivity contribution in [1.82, 2.24) is 34.2 Å². The molecule has 0 saturated carbocycles. The van der Waals surface area contributed by atoms with Gasteiger partial charge < -0.3 is 5.32 Å². The fourth-order valence-electron chi connectivity index (χ4n) is 3.76. The molecule has 4 heterocycles. The smallest absolute Gasteiger partial charge is 0.276 e. The van der Waals surface area contributed by atoms with Gasteiger partial charge in [-0.05, 0) is 37.6 Å². The van der Waals surface area contributed by atoms with Crippen molar-refractivity contribution >= 4 is 17.2 Å². The van der Waals surface area contributed by atoms with Crippen LogP contribution >= 0.6 is 0 Å². The van der Waals surface area contributed by atoms with Crippen LogP contribution in [0.5, 0.6) is 0 Å². The minimum absolute atomic E-state index is 0.230. The monoisotopic (exact) mass is 444 g/mol. The summed E-state index contributed by atoms with van der Waals surface area (Å²) in [6.07, 6.45) is 6.71. The Kier molecular flexibility index (Phi) is 5.17. The van der Waals surface area contributed by atoms with E-state index in [1.165, 1.54) is 12.1 Å². The molecule has 0 aliphatic carbocycles. The number of hydrogen-bond donors (Lipinski definition) is 1. The van der Waals surface area contributed by atoms with Crippen molar-refractivity contribution in [1.29, 1.82) is 0 Å². The highest BCUT2D eigenvalue weighted by Gasteiger charge is 2.17. The number of benzene rings is 1. The van der Waals surface area contributed by atoms with Crippen LogP contribution in [0.1, 0.15) is 28.7 Å². The summed E-state index contributed by atoms with van der Waals surface area (Å²) < 4.78 is 18.6. The van der Waals surface area contributed by atoms with Crippen molar-refractivity contribution in [3.63, 3.8) is 0 Å². The highest BCUT2D eigenvalue weighted by atomic mass is 19.1. The van der Waals surface area contributed by atoms with Crippen molar-refractivity contribution in [3.8, 4) is 11.3 Å². The first-order valence-electron chi connectivity index (χ1n) is 10.5. The van der Waals surface area contributed by atoms with E-state index in [1.54, 1.807) is 46.1 Å². The highest BCUT2D eigenvalue weighted by Crippen LogP contribution is 2.23. The third-order valence-corrected chi connectivity index (χ3v) is 5.39. The topological polar surface area (TPSA) is 94.9 Å². The Balaban J connectivity index is 1.37. The first-order valence-corrected chi connectivity index (χ1v) is 10.5. The fourth-order valence-corrected chi connectivity index (χ4v) is 3.76. The lowest BCUT2D eigenvalue weighted by atomic mass is 10.2. The molecule has 4 aromatic heterocycles. The summed E-state index contributed by atoms with van der Waals surface area (Å²) in [5.41, 5.74) is 4.82. The van der Waals surface area contributed by atoms with Gasteiger partial charge in [-0.1, -0.05) is 12.1 Å². The standard InChI is InChI=1S/C23H21FN8O/c1-3-31-15(2)19(12-27-31)21-7-8-25-22-10-20(29-32(21)22)23(33)28-18-11-26-30(14-18)13-16-5-4-6-17(24)9-16/h4-12,14H,3,13H2,1-2H3,(H,28,33). The zero-order chi connectivity index (χ0) is 22.9. The molecule has 5 rings (SSSR count). The lowest BCUT2D eigenvalue weighted by molar-refractivity contribution is 0.102. The van der Waals surface area contributed by atoms with Crippen LogP contribution in [-0.4, -0.2) is 40.1 Å². The van der Waals surface area contributed by atoms with E-state index in [0.29, 0.717) is 17.9 Å². The van der Waals surface area contributed by atoms with Crippen molar-refractivity contribution < 1.29 is 9.18 Å². The number of hydrogen-bond acceptors (Lipinski definition) is 5. The van der Waals surface area contributed by atoms with E-state index < -0.39 is 0 Å². The third-order valence-electron chi connectivity index (χ3n) is 5.39. The summed E-state index contributed by atoms with van der Waals surface area (Å²) in [7, 11) is 0. The second kappa shape index (κ2) is 8.30. The molecule has 0 atom stereocenters. The van der Waals surface area contributed by atoms with Gasteiger partial charge in [0.15, 0.2) is 11.3 Å². The van der Waals surface area contributed by atoms with Gasteiger partial charge in [-0.15, -0.1) is 0 Å². The second-order valence-electron chi connectivity index (χ2n) is 7.60. The highest BCUT2D eigenvalue weighted by molar-refractivity contribution is 6.03. The second-order valence-corrected chi connectivity index (χ2v) is 7.60. The molecule has 5 aromatic rings. The van der Waals surface area contributed by atoms with Gasteiger partial charge in [0, 0.05) is 36.3 Å². The molecular formula is C23H21FN8O. The molecule has 1 N–H and O–H groups in total. The van der Waals surface area contributed by atoms with E-state index in [0.717, 1.165) is 29.1 Å². The zero-order valence-electron chi connectivity index (χ0n) is 18.1. The number of rotatable bonds is 6. The summed E-state index contributed by atoms with van der Waals surface area (Å²) in [6, 6.07) is 9.79. The summed E-state index contributed by atoms with van der Waals surface area (Å²) in [5, 5.41) is 15.9. The van der Waals surface area contributed by atoms with Gasteiger partial charge in [0.2, 0.25) is 0 Å². The third kappa shape index (κ3) is 3.98. The summed E-state index contributed by atoms with van der Waals surface area (Å²) in [5.74, 6) is -0.678. The number of anilines is 1. The minimum Gasteiger partial charge on any atom is -0.318 e. The number of carbonyl (C=O) groups excluding carboxylic acids is 1. The largest absolute Gasteiger partial charge is 0.318 e. The van der Waals surface area contributed by atoms with Gasteiger partial charge >= 0.3 is 0 Å². The van der Waals surface area contributed by atoms with Gasteiger partial charge in [0.05, 0.1) is 30.3 Å². The number of carbonyl (C=O) groups is 1. The van der Waals surface area contributed by atoms with E-state index in [1.807, 2.05) is 30.7 Å². The van der Waals surface area contributed by atoms with Crippen LogP contribution in [0.15, 0.2) is 61.2 Å². The molecule has 33 heavy (non-hydrogen) atoms. The average Bonchev–Trinajstić information content (AvgIpc) is 3.52. The summed E-state index contributed by atoms with van der Waals surface area (Å²) in [4.78, 5) is 17.2. The molecule has 1 aromatic carbocycles. The van der Waals surface area contributed by atoms with Crippen LogP contribution in [0.25, 0.3) is 16.9 Å². The Labute approximate surface area is 188 Å². The minimum atomic E-state index is -0.377. The lowest BCUT2D eigenvalue weighted by Crippen LogP contribution is -2.12. The Morgan fingerprint density at radius 1 is 1.15 bits per heavy atom. The van der Waals surface area contributed by atoms with Crippen molar-refractivity contribution in [2.45, 2.75) is 26.9 Å². The van der Waals surface area contributed by atoms with Crippen LogP contribution in [-0.2, 0) is 13.1 Å². The number of halogens is 1. The average molecular weight is 444 g/mol. The molecule has 0 saturated heterocycles. The van der Waals surface area contributed by atoms with E-state index in [9.17, 15) is 9.18 Å². The SMILES string of the molecule is CCn1ncc(-c2ccnc3cc(C(=O)Nc4cnn(Cc5cccc(F)c5)c4)nn23)c1C. The van der Waals surface area contributed by atoms with Gasteiger partial charge in [-0.2, -0.15) is 15.3 Å². The number of nitrogens with zero attached hydrogens (tertiary/aromatic N) is 7. The predicted octanol–water partition coefficient (Wildman–Crippen LogP) is 3.56.